The monoisotopic (exact) mass is 275 g/mol. The first-order chi connectivity index (χ1) is 9.70. The highest BCUT2D eigenvalue weighted by Gasteiger charge is 2.21. The molecule has 0 aliphatic carbocycles. The highest BCUT2D eigenvalue weighted by atomic mass is 16.4. The molecule has 3 nitrogen and oxygen atoms in total. The Morgan fingerprint density at radius 1 is 1.35 bits per heavy atom. The van der Waals surface area contributed by atoms with Crippen LogP contribution in [0.4, 0.5) is 0 Å². The number of rotatable bonds is 7. The summed E-state index contributed by atoms with van der Waals surface area (Å²) in [6, 6.07) is 8.94. The molecular formula is C17H25NO2. The predicted octanol–water partition coefficient (Wildman–Crippen LogP) is 3.37. The smallest absolute Gasteiger partial charge is 0.306 e. The largest absolute Gasteiger partial charge is 0.481 e. The van der Waals surface area contributed by atoms with E-state index in [0.29, 0.717) is 6.04 Å². The summed E-state index contributed by atoms with van der Waals surface area (Å²) in [6.07, 6.45) is 5.66. The first-order valence-electron chi connectivity index (χ1n) is 7.73. The summed E-state index contributed by atoms with van der Waals surface area (Å²) in [5, 5.41) is 12.8. The molecule has 0 bridgehead atoms. The van der Waals surface area contributed by atoms with Crippen LogP contribution < -0.4 is 5.32 Å². The molecule has 0 fully saturated rings. The number of hydrogen-bond donors (Lipinski definition) is 2. The molecule has 0 spiro atoms. The van der Waals surface area contributed by atoms with Gasteiger partial charge in [-0.3, -0.25) is 4.79 Å². The summed E-state index contributed by atoms with van der Waals surface area (Å²) >= 11 is 0. The number of fused-ring (bicyclic) bond motifs is 1. The lowest BCUT2D eigenvalue weighted by atomic mass is 9.89. The van der Waals surface area contributed by atoms with Crippen molar-refractivity contribution in [2.24, 2.45) is 5.92 Å². The van der Waals surface area contributed by atoms with Gasteiger partial charge in [0.2, 0.25) is 0 Å². The van der Waals surface area contributed by atoms with E-state index in [1.165, 1.54) is 11.1 Å². The lowest BCUT2D eigenvalue weighted by Crippen LogP contribution is -2.36. The van der Waals surface area contributed by atoms with Crippen LogP contribution in [-0.4, -0.2) is 17.1 Å². The van der Waals surface area contributed by atoms with E-state index < -0.39 is 5.97 Å². The fourth-order valence-electron chi connectivity index (χ4n) is 2.97. The third kappa shape index (κ3) is 4.07. The van der Waals surface area contributed by atoms with E-state index in [1.807, 2.05) is 0 Å². The maximum atomic E-state index is 11.3. The van der Waals surface area contributed by atoms with Crippen molar-refractivity contribution >= 4 is 5.97 Å². The molecular weight excluding hydrogens is 250 g/mol. The quantitative estimate of drug-likeness (QED) is 0.802. The maximum absolute atomic E-state index is 11.3. The minimum atomic E-state index is -0.630. The number of hydrogen-bond acceptors (Lipinski definition) is 2. The first kappa shape index (κ1) is 15.0. The van der Waals surface area contributed by atoms with Crippen LogP contribution in [0.1, 0.15) is 50.2 Å². The van der Waals surface area contributed by atoms with E-state index in [0.717, 1.165) is 45.1 Å². The number of aliphatic carboxylic acids is 1. The minimum Gasteiger partial charge on any atom is -0.481 e. The van der Waals surface area contributed by atoms with Crippen LogP contribution in [0.25, 0.3) is 0 Å². The van der Waals surface area contributed by atoms with Crippen LogP contribution in [0.3, 0.4) is 0 Å². The van der Waals surface area contributed by atoms with Crippen molar-refractivity contribution in [1.29, 1.82) is 0 Å². The molecule has 0 saturated heterocycles. The second kappa shape index (κ2) is 7.44. The third-order valence-electron chi connectivity index (χ3n) is 4.28. The van der Waals surface area contributed by atoms with E-state index in [1.54, 1.807) is 0 Å². The SMILES string of the molecule is CCCCC(CCC1Cc2ccccc2CN1)C(=O)O. The Bertz CT molecular complexity index is 444. The van der Waals surface area contributed by atoms with Gasteiger partial charge in [-0.05, 0) is 36.8 Å². The summed E-state index contributed by atoms with van der Waals surface area (Å²) in [5.41, 5.74) is 2.79. The molecule has 0 aromatic heterocycles. The van der Waals surface area contributed by atoms with Gasteiger partial charge in [0.05, 0.1) is 5.92 Å². The highest BCUT2D eigenvalue weighted by Crippen LogP contribution is 2.22. The van der Waals surface area contributed by atoms with Crippen LogP contribution in [-0.2, 0) is 17.8 Å². The Balaban J connectivity index is 1.84. The van der Waals surface area contributed by atoms with Crippen LogP contribution in [0.2, 0.25) is 0 Å². The zero-order valence-corrected chi connectivity index (χ0v) is 12.3. The molecule has 2 N–H and O–H groups in total. The first-order valence-corrected chi connectivity index (χ1v) is 7.73. The lowest BCUT2D eigenvalue weighted by Gasteiger charge is -2.27. The van der Waals surface area contributed by atoms with Crippen molar-refractivity contribution in [2.75, 3.05) is 0 Å². The summed E-state index contributed by atoms with van der Waals surface area (Å²) < 4.78 is 0. The number of carboxylic acids is 1. The number of unbranched alkanes of at least 4 members (excludes halogenated alkanes) is 1. The fourth-order valence-corrected chi connectivity index (χ4v) is 2.97. The number of nitrogens with one attached hydrogen (secondary N) is 1. The normalized spacial score (nSPS) is 19.4. The molecule has 20 heavy (non-hydrogen) atoms. The van der Waals surface area contributed by atoms with Crippen LogP contribution >= 0.6 is 0 Å². The van der Waals surface area contributed by atoms with Gasteiger partial charge in [0.15, 0.2) is 0 Å². The van der Waals surface area contributed by atoms with Crippen LogP contribution in [0.5, 0.6) is 0 Å². The van der Waals surface area contributed by atoms with Gasteiger partial charge in [0.25, 0.3) is 0 Å². The van der Waals surface area contributed by atoms with E-state index in [2.05, 4.69) is 36.5 Å². The molecule has 0 radical (unpaired) electrons. The molecule has 1 aliphatic heterocycles. The van der Waals surface area contributed by atoms with Gasteiger partial charge in [-0.15, -0.1) is 0 Å². The lowest BCUT2D eigenvalue weighted by molar-refractivity contribution is -0.142. The molecule has 2 unspecified atom stereocenters. The summed E-state index contributed by atoms with van der Waals surface area (Å²) in [7, 11) is 0. The van der Waals surface area contributed by atoms with Gasteiger partial charge in [0.1, 0.15) is 0 Å². The molecule has 2 rings (SSSR count). The van der Waals surface area contributed by atoms with Crippen LogP contribution in [0, 0.1) is 5.92 Å². The van der Waals surface area contributed by atoms with Crippen molar-refractivity contribution in [3.05, 3.63) is 35.4 Å². The standard InChI is InChI=1S/C17H25NO2/c1-2-3-6-13(17(19)20)9-10-16-11-14-7-4-5-8-15(14)12-18-16/h4-5,7-8,13,16,18H,2-3,6,9-12H2,1H3,(H,19,20). The zero-order chi connectivity index (χ0) is 14.4. The Morgan fingerprint density at radius 2 is 2.10 bits per heavy atom. The van der Waals surface area contributed by atoms with Gasteiger partial charge in [-0.2, -0.15) is 0 Å². The zero-order valence-electron chi connectivity index (χ0n) is 12.3. The Kier molecular flexibility index (Phi) is 5.60. The number of benzene rings is 1. The van der Waals surface area contributed by atoms with Gasteiger partial charge in [0, 0.05) is 12.6 Å². The number of carboxylic acid groups (broad SMARTS) is 1. The summed E-state index contributed by atoms with van der Waals surface area (Å²) in [4.78, 5) is 11.3. The van der Waals surface area contributed by atoms with Crippen molar-refractivity contribution in [3.63, 3.8) is 0 Å². The highest BCUT2D eigenvalue weighted by molar-refractivity contribution is 5.69. The average molecular weight is 275 g/mol. The van der Waals surface area contributed by atoms with E-state index in [-0.39, 0.29) is 5.92 Å². The molecule has 3 heteroatoms. The summed E-state index contributed by atoms with van der Waals surface area (Å²) in [5.74, 6) is -0.802. The number of carbonyl (C=O) groups is 1. The summed E-state index contributed by atoms with van der Waals surface area (Å²) in [6.45, 7) is 3.02. The average Bonchev–Trinajstić information content (AvgIpc) is 2.46. The van der Waals surface area contributed by atoms with Crippen molar-refractivity contribution in [1.82, 2.24) is 5.32 Å². The Labute approximate surface area is 121 Å². The van der Waals surface area contributed by atoms with Crippen LogP contribution in [0.15, 0.2) is 24.3 Å². The fraction of sp³-hybridized carbons (Fsp3) is 0.588. The molecule has 1 aromatic carbocycles. The molecule has 0 amide bonds. The molecule has 1 heterocycles. The molecule has 1 aromatic rings. The Morgan fingerprint density at radius 3 is 2.80 bits per heavy atom. The van der Waals surface area contributed by atoms with Gasteiger partial charge in [-0.1, -0.05) is 44.0 Å². The van der Waals surface area contributed by atoms with Gasteiger partial charge >= 0.3 is 5.97 Å². The third-order valence-corrected chi connectivity index (χ3v) is 4.28. The molecule has 2 atom stereocenters. The predicted molar refractivity (Wildman–Crippen MR) is 80.7 cm³/mol. The minimum absolute atomic E-state index is 0.172. The van der Waals surface area contributed by atoms with Crippen molar-refractivity contribution < 1.29 is 9.90 Å². The molecule has 110 valence electrons. The maximum Gasteiger partial charge on any atom is 0.306 e. The second-order valence-corrected chi connectivity index (χ2v) is 5.81. The van der Waals surface area contributed by atoms with Crippen molar-refractivity contribution in [3.8, 4) is 0 Å². The van der Waals surface area contributed by atoms with E-state index in [4.69, 9.17) is 0 Å². The molecule has 1 aliphatic rings. The van der Waals surface area contributed by atoms with E-state index >= 15 is 0 Å². The van der Waals surface area contributed by atoms with Crippen molar-refractivity contribution in [2.45, 2.75) is 58.0 Å². The van der Waals surface area contributed by atoms with Gasteiger partial charge in [-0.25, -0.2) is 0 Å². The molecule has 0 saturated carbocycles. The van der Waals surface area contributed by atoms with E-state index in [9.17, 15) is 9.90 Å². The Hall–Kier alpha value is -1.35. The van der Waals surface area contributed by atoms with Gasteiger partial charge < -0.3 is 10.4 Å². The second-order valence-electron chi connectivity index (χ2n) is 5.81. The topological polar surface area (TPSA) is 49.3 Å².